The Hall–Kier alpha value is -3.33. The third kappa shape index (κ3) is 4.32. The molecule has 2 aromatic rings. The molecular weight excluding hydrogens is 442 g/mol. The van der Waals surface area contributed by atoms with E-state index in [4.69, 9.17) is 0 Å². The number of Topliss-reactive ketones (excluding diaryl/α,β-unsaturated/α-hetero) is 2. The van der Waals surface area contributed by atoms with Crippen LogP contribution >= 0.6 is 11.3 Å². The minimum absolute atomic E-state index is 0.0452. The molecule has 1 fully saturated rings. The molecule has 172 valence electrons. The van der Waals surface area contributed by atoms with Gasteiger partial charge in [0.1, 0.15) is 6.04 Å². The van der Waals surface area contributed by atoms with Crippen LogP contribution in [0.4, 0.5) is 5.69 Å². The predicted molar refractivity (Wildman–Crippen MR) is 124 cm³/mol. The summed E-state index contributed by atoms with van der Waals surface area (Å²) in [5.41, 5.74) is 3.61. The van der Waals surface area contributed by atoms with E-state index in [1.807, 2.05) is 32.0 Å². The molecule has 1 saturated heterocycles. The maximum Gasteiger partial charge on any atom is 0.256 e. The van der Waals surface area contributed by atoms with Gasteiger partial charge in [-0.05, 0) is 37.0 Å². The van der Waals surface area contributed by atoms with Crippen molar-refractivity contribution in [2.75, 3.05) is 19.0 Å². The Morgan fingerprint density at radius 2 is 1.97 bits per heavy atom. The van der Waals surface area contributed by atoms with Gasteiger partial charge in [0.15, 0.2) is 0 Å². The highest BCUT2D eigenvalue weighted by Crippen LogP contribution is 2.34. The number of piperidine rings is 1. The summed E-state index contributed by atoms with van der Waals surface area (Å²) < 4.78 is 0. The first-order valence-electron chi connectivity index (χ1n) is 10.8. The Morgan fingerprint density at radius 3 is 2.67 bits per heavy atom. The number of fused-ring (bicyclic) bond motifs is 1. The van der Waals surface area contributed by atoms with Crippen molar-refractivity contribution in [1.29, 1.82) is 0 Å². The van der Waals surface area contributed by atoms with Gasteiger partial charge in [0.05, 0.1) is 5.56 Å². The first-order valence-corrected chi connectivity index (χ1v) is 11.6. The highest BCUT2D eigenvalue weighted by Gasteiger charge is 2.40. The molecule has 1 atom stereocenters. The SMILES string of the molecule is Cc1ccc(C(=O)C(=O)CCc2scc3c2CN(C2CCC(=O)NC2=O)C3=O)cc1N(C)C. The van der Waals surface area contributed by atoms with Gasteiger partial charge in [-0.3, -0.25) is 29.3 Å². The summed E-state index contributed by atoms with van der Waals surface area (Å²) in [6.45, 7) is 2.22. The molecule has 3 amide bonds. The lowest BCUT2D eigenvalue weighted by atomic mass is 10.0. The quantitative estimate of drug-likeness (QED) is 0.381. The van der Waals surface area contributed by atoms with Crippen molar-refractivity contribution < 1.29 is 24.0 Å². The van der Waals surface area contributed by atoms with Crippen LogP contribution in [0.5, 0.6) is 0 Å². The number of aryl methyl sites for hydroxylation is 2. The van der Waals surface area contributed by atoms with Crippen molar-refractivity contribution in [1.82, 2.24) is 10.2 Å². The smallest absolute Gasteiger partial charge is 0.256 e. The number of hydrogen-bond donors (Lipinski definition) is 1. The zero-order valence-electron chi connectivity index (χ0n) is 18.8. The van der Waals surface area contributed by atoms with Gasteiger partial charge < -0.3 is 9.80 Å². The fourth-order valence-corrected chi connectivity index (χ4v) is 5.39. The van der Waals surface area contributed by atoms with Crippen LogP contribution in [0.2, 0.25) is 0 Å². The molecule has 4 rings (SSSR count). The summed E-state index contributed by atoms with van der Waals surface area (Å²) in [5.74, 6) is -2.01. The molecule has 2 aliphatic rings. The Balaban J connectivity index is 1.43. The Labute approximate surface area is 195 Å². The summed E-state index contributed by atoms with van der Waals surface area (Å²) in [6.07, 6.45) is 0.903. The van der Waals surface area contributed by atoms with Crippen molar-refractivity contribution in [3.05, 3.63) is 50.7 Å². The van der Waals surface area contributed by atoms with Crippen LogP contribution in [0.15, 0.2) is 23.6 Å². The van der Waals surface area contributed by atoms with Crippen molar-refractivity contribution in [3.63, 3.8) is 0 Å². The van der Waals surface area contributed by atoms with E-state index in [1.165, 1.54) is 16.2 Å². The summed E-state index contributed by atoms with van der Waals surface area (Å²) >= 11 is 1.39. The van der Waals surface area contributed by atoms with Crippen LogP contribution in [0.1, 0.15) is 56.0 Å². The third-order valence-corrected chi connectivity index (χ3v) is 7.26. The van der Waals surface area contributed by atoms with E-state index in [9.17, 15) is 24.0 Å². The van der Waals surface area contributed by atoms with Gasteiger partial charge in [0.2, 0.25) is 23.4 Å². The maximum absolute atomic E-state index is 12.8. The number of benzene rings is 1. The summed E-state index contributed by atoms with van der Waals surface area (Å²) in [4.78, 5) is 66.0. The van der Waals surface area contributed by atoms with E-state index in [-0.39, 0.29) is 31.2 Å². The van der Waals surface area contributed by atoms with E-state index in [2.05, 4.69) is 5.32 Å². The average molecular weight is 468 g/mol. The topological polar surface area (TPSA) is 104 Å². The van der Waals surface area contributed by atoms with Crippen molar-refractivity contribution in [2.24, 2.45) is 0 Å². The Morgan fingerprint density at radius 1 is 1.21 bits per heavy atom. The third-order valence-electron chi connectivity index (χ3n) is 6.17. The minimum Gasteiger partial charge on any atom is -0.377 e. The number of carbonyl (C=O) groups excluding carboxylic acids is 5. The number of nitrogens with one attached hydrogen (secondary N) is 1. The molecule has 0 aliphatic carbocycles. The molecule has 1 unspecified atom stereocenters. The molecule has 8 nitrogen and oxygen atoms in total. The second-order valence-electron chi connectivity index (χ2n) is 8.60. The van der Waals surface area contributed by atoms with E-state index >= 15 is 0 Å². The molecular formula is C24H25N3O5S. The molecule has 1 aromatic carbocycles. The van der Waals surface area contributed by atoms with Gasteiger partial charge in [0.25, 0.3) is 5.91 Å². The van der Waals surface area contributed by atoms with Crippen molar-refractivity contribution >= 4 is 46.3 Å². The normalized spacial score (nSPS) is 17.7. The monoisotopic (exact) mass is 467 g/mol. The highest BCUT2D eigenvalue weighted by molar-refractivity contribution is 7.10. The second-order valence-corrected chi connectivity index (χ2v) is 9.56. The first kappa shape index (κ1) is 22.8. The Bertz CT molecular complexity index is 1180. The van der Waals surface area contributed by atoms with Gasteiger partial charge >= 0.3 is 0 Å². The molecule has 0 spiro atoms. The van der Waals surface area contributed by atoms with Crippen LogP contribution in [0, 0.1) is 6.92 Å². The molecule has 2 aliphatic heterocycles. The van der Waals surface area contributed by atoms with Gasteiger partial charge in [0, 0.05) is 55.0 Å². The lowest BCUT2D eigenvalue weighted by Crippen LogP contribution is -2.52. The van der Waals surface area contributed by atoms with E-state index in [0.29, 0.717) is 24.0 Å². The van der Waals surface area contributed by atoms with E-state index in [1.54, 1.807) is 17.5 Å². The number of carbonyl (C=O) groups is 5. The zero-order valence-corrected chi connectivity index (χ0v) is 19.6. The van der Waals surface area contributed by atoms with Crippen LogP contribution in [0.3, 0.4) is 0 Å². The van der Waals surface area contributed by atoms with Crippen LogP contribution in [-0.2, 0) is 27.3 Å². The summed E-state index contributed by atoms with van der Waals surface area (Å²) in [6, 6.07) is 4.56. The van der Waals surface area contributed by atoms with Gasteiger partial charge in [-0.2, -0.15) is 0 Å². The predicted octanol–water partition coefficient (Wildman–Crippen LogP) is 2.27. The molecule has 0 bridgehead atoms. The van der Waals surface area contributed by atoms with Crippen LogP contribution < -0.4 is 10.2 Å². The number of ketones is 2. The molecule has 9 heteroatoms. The lowest BCUT2D eigenvalue weighted by molar-refractivity contribution is -0.136. The molecule has 33 heavy (non-hydrogen) atoms. The van der Waals surface area contributed by atoms with Crippen molar-refractivity contribution in [2.45, 2.75) is 45.2 Å². The summed E-state index contributed by atoms with van der Waals surface area (Å²) in [7, 11) is 3.77. The first-order chi connectivity index (χ1) is 15.7. The molecule has 1 aromatic heterocycles. The van der Waals surface area contributed by atoms with Crippen molar-refractivity contribution in [3.8, 4) is 0 Å². The zero-order chi connectivity index (χ0) is 23.9. The number of amides is 3. The van der Waals surface area contributed by atoms with Crippen LogP contribution in [-0.4, -0.2) is 54.3 Å². The van der Waals surface area contributed by atoms with Gasteiger partial charge in [-0.15, -0.1) is 11.3 Å². The maximum atomic E-state index is 12.8. The highest BCUT2D eigenvalue weighted by atomic mass is 32.1. The molecule has 1 N–H and O–H groups in total. The van der Waals surface area contributed by atoms with Gasteiger partial charge in [-0.25, -0.2) is 0 Å². The van der Waals surface area contributed by atoms with Crippen LogP contribution in [0.25, 0.3) is 0 Å². The number of anilines is 1. The molecule has 0 saturated carbocycles. The standard InChI is InChI=1S/C24H25N3O5S/c1-13-4-5-14(10-18(13)26(2)3)22(30)19(28)7-8-20-15-11-27(24(32)16(15)12-33-20)17-6-9-21(29)25-23(17)31/h4-5,10,12,17H,6-9,11H2,1-3H3,(H,25,29,31). The number of nitrogens with zero attached hydrogens (tertiary/aromatic N) is 2. The minimum atomic E-state index is -0.670. The molecule has 3 heterocycles. The molecule has 0 radical (unpaired) electrons. The Kier molecular flexibility index (Phi) is 6.16. The van der Waals surface area contributed by atoms with Gasteiger partial charge in [-0.1, -0.05) is 12.1 Å². The number of thiophene rings is 1. The van der Waals surface area contributed by atoms with E-state index < -0.39 is 23.5 Å². The fourth-order valence-electron chi connectivity index (χ4n) is 4.35. The largest absolute Gasteiger partial charge is 0.377 e. The number of imide groups is 1. The average Bonchev–Trinajstić information content (AvgIpc) is 3.31. The lowest BCUT2D eigenvalue weighted by Gasteiger charge is -2.29. The second kappa shape index (κ2) is 8.90. The fraction of sp³-hybridized carbons (Fsp3) is 0.375. The number of hydrogen-bond acceptors (Lipinski definition) is 7. The summed E-state index contributed by atoms with van der Waals surface area (Å²) in [5, 5.41) is 4.03. The van der Waals surface area contributed by atoms with E-state index in [0.717, 1.165) is 21.7 Å². The number of rotatable bonds is 7.